The summed E-state index contributed by atoms with van der Waals surface area (Å²) >= 11 is 1.87. The highest BCUT2D eigenvalue weighted by molar-refractivity contribution is 7.99. The number of para-hydroxylation sites is 1. The Balaban J connectivity index is 1.93. The van der Waals surface area contributed by atoms with Gasteiger partial charge in [0.2, 0.25) is 0 Å². The number of anilines is 1. The second-order valence-electron chi connectivity index (χ2n) is 7.43. The van der Waals surface area contributed by atoms with Gasteiger partial charge in [-0.3, -0.25) is 4.90 Å². The first-order valence-electron chi connectivity index (χ1n) is 9.00. The van der Waals surface area contributed by atoms with Crippen molar-refractivity contribution < 1.29 is 9.53 Å². The van der Waals surface area contributed by atoms with Crippen LogP contribution in [0, 0.1) is 6.92 Å². The van der Waals surface area contributed by atoms with Crippen molar-refractivity contribution in [3.63, 3.8) is 0 Å². The number of hydrogen-bond donors (Lipinski definition) is 0. The molecular weight excluding hydrogens is 342 g/mol. The Morgan fingerprint density at radius 3 is 2.38 bits per heavy atom. The van der Waals surface area contributed by atoms with E-state index in [-0.39, 0.29) is 6.09 Å². The fraction of sp³-hybridized carbons (Fsp3) is 0.409. The highest BCUT2D eigenvalue weighted by Crippen LogP contribution is 2.25. The first-order valence-corrected chi connectivity index (χ1v) is 9.99. The van der Waals surface area contributed by atoms with E-state index in [1.165, 1.54) is 16.0 Å². The van der Waals surface area contributed by atoms with Crippen molar-refractivity contribution in [2.24, 2.45) is 0 Å². The minimum absolute atomic E-state index is 0.320. The van der Waals surface area contributed by atoms with Gasteiger partial charge in [-0.1, -0.05) is 35.9 Å². The van der Waals surface area contributed by atoms with E-state index >= 15 is 0 Å². The van der Waals surface area contributed by atoms with Crippen molar-refractivity contribution >= 4 is 23.5 Å². The lowest BCUT2D eigenvalue weighted by Gasteiger charge is -2.26. The number of thioether (sulfide) groups is 1. The molecule has 0 saturated carbocycles. The number of carbonyl (C=O) groups is 1. The molecule has 0 radical (unpaired) electrons. The third-order valence-electron chi connectivity index (χ3n) is 3.90. The number of benzene rings is 2. The van der Waals surface area contributed by atoms with E-state index in [4.69, 9.17) is 4.74 Å². The van der Waals surface area contributed by atoms with Crippen molar-refractivity contribution in [3.8, 4) is 0 Å². The van der Waals surface area contributed by atoms with Crippen LogP contribution < -0.4 is 4.90 Å². The summed E-state index contributed by atoms with van der Waals surface area (Å²) in [5, 5.41) is 0. The number of aryl methyl sites for hydroxylation is 2. The highest BCUT2D eigenvalue weighted by atomic mass is 32.2. The lowest BCUT2D eigenvalue weighted by Crippen LogP contribution is -2.34. The van der Waals surface area contributed by atoms with Gasteiger partial charge in [0.25, 0.3) is 0 Å². The average Bonchev–Trinajstić information content (AvgIpc) is 2.58. The van der Waals surface area contributed by atoms with Crippen LogP contribution in [0.15, 0.2) is 53.4 Å². The molecule has 0 heterocycles. The summed E-state index contributed by atoms with van der Waals surface area (Å²) in [5.41, 5.74) is 2.88. The molecule has 0 aliphatic heterocycles. The van der Waals surface area contributed by atoms with Gasteiger partial charge in [0, 0.05) is 17.6 Å². The molecule has 0 aliphatic rings. The first-order chi connectivity index (χ1) is 12.3. The van der Waals surface area contributed by atoms with Crippen LogP contribution in [0.4, 0.5) is 10.5 Å². The highest BCUT2D eigenvalue weighted by Gasteiger charge is 2.21. The maximum Gasteiger partial charge on any atom is 0.414 e. The van der Waals surface area contributed by atoms with E-state index in [1.807, 2.05) is 50.7 Å². The molecule has 0 bridgehead atoms. The molecular formula is C22H29NO2S. The molecule has 0 aliphatic carbocycles. The second kappa shape index (κ2) is 9.13. The summed E-state index contributed by atoms with van der Waals surface area (Å²) in [5.74, 6) is 1.05. The maximum atomic E-state index is 12.4. The van der Waals surface area contributed by atoms with Crippen molar-refractivity contribution in [2.75, 3.05) is 17.7 Å². The topological polar surface area (TPSA) is 29.5 Å². The van der Waals surface area contributed by atoms with Crippen LogP contribution in [0.2, 0.25) is 0 Å². The predicted molar refractivity (Wildman–Crippen MR) is 111 cm³/mol. The molecule has 3 nitrogen and oxygen atoms in total. The standard InChI is InChI=1S/C22H29NO2S/c1-17-12-14-19(15-13-17)26-16-8-10-18-9-6-7-11-20(18)23(5)21(24)25-22(2,3)4/h6-7,9,11-15H,8,10,16H2,1-5H3. The van der Waals surface area contributed by atoms with E-state index in [2.05, 4.69) is 37.3 Å². The summed E-state index contributed by atoms with van der Waals surface area (Å²) in [6.07, 6.45) is 1.67. The lowest BCUT2D eigenvalue weighted by atomic mass is 10.1. The van der Waals surface area contributed by atoms with E-state index in [1.54, 1.807) is 11.9 Å². The van der Waals surface area contributed by atoms with Crippen LogP contribution in [-0.2, 0) is 11.2 Å². The van der Waals surface area contributed by atoms with Crippen LogP contribution in [0.1, 0.15) is 38.3 Å². The van der Waals surface area contributed by atoms with Crippen molar-refractivity contribution in [1.29, 1.82) is 0 Å². The Hall–Kier alpha value is -1.94. The summed E-state index contributed by atoms with van der Waals surface area (Å²) in [4.78, 5) is 15.3. The molecule has 4 heteroatoms. The Morgan fingerprint density at radius 1 is 1.08 bits per heavy atom. The number of hydrogen-bond acceptors (Lipinski definition) is 3. The summed E-state index contributed by atoms with van der Waals surface area (Å²) in [7, 11) is 1.77. The Kier molecular flexibility index (Phi) is 7.15. The van der Waals surface area contributed by atoms with Crippen LogP contribution >= 0.6 is 11.8 Å². The second-order valence-corrected chi connectivity index (χ2v) is 8.60. The van der Waals surface area contributed by atoms with Gasteiger partial charge in [0.15, 0.2) is 0 Å². The van der Waals surface area contributed by atoms with E-state index in [9.17, 15) is 4.79 Å². The molecule has 0 unspecified atom stereocenters. The molecule has 2 aromatic carbocycles. The predicted octanol–water partition coefficient (Wildman–Crippen LogP) is 6.09. The van der Waals surface area contributed by atoms with Crippen LogP contribution in [0.5, 0.6) is 0 Å². The van der Waals surface area contributed by atoms with Crippen LogP contribution in [0.3, 0.4) is 0 Å². The zero-order chi connectivity index (χ0) is 19.2. The van der Waals surface area contributed by atoms with Crippen molar-refractivity contribution in [3.05, 3.63) is 59.7 Å². The van der Waals surface area contributed by atoms with E-state index < -0.39 is 5.60 Å². The summed E-state index contributed by atoms with van der Waals surface area (Å²) in [6.45, 7) is 7.75. The molecule has 0 fully saturated rings. The molecule has 26 heavy (non-hydrogen) atoms. The van der Waals surface area contributed by atoms with Crippen molar-refractivity contribution in [2.45, 2.75) is 51.0 Å². The third kappa shape index (κ3) is 6.41. The van der Waals surface area contributed by atoms with Gasteiger partial charge < -0.3 is 4.74 Å². The monoisotopic (exact) mass is 371 g/mol. The largest absolute Gasteiger partial charge is 0.443 e. The zero-order valence-electron chi connectivity index (χ0n) is 16.4. The molecule has 140 valence electrons. The number of rotatable bonds is 6. The number of carbonyl (C=O) groups excluding carboxylic acids is 1. The summed E-state index contributed by atoms with van der Waals surface area (Å²) < 4.78 is 5.48. The Morgan fingerprint density at radius 2 is 1.73 bits per heavy atom. The number of ether oxygens (including phenoxy) is 1. The Bertz CT molecular complexity index is 720. The molecule has 0 atom stereocenters. The maximum absolute atomic E-state index is 12.4. The SMILES string of the molecule is Cc1ccc(SCCCc2ccccc2N(C)C(=O)OC(C)(C)C)cc1. The van der Waals surface area contributed by atoms with Gasteiger partial charge in [-0.2, -0.15) is 0 Å². The summed E-state index contributed by atoms with van der Waals surface area (Å²) in [6, 6.07) is 16.7. The molecule has 0 saturated heterocycles. The lowest BCUT2D eigenvalue weighted by molar-refractivity contribution is 0.0589. The van der Waals surface area contributed by atoms with Gasteiger partial charge in [-0.25, -0.2) is 4.79 Å². The number of amides is 1. The fourth-order valence-corrected chi connectivity index (χ4v) is 3.42. The smallest absolute Gasteiger partial charge is 0.414 e. The van der Waals surface area contributed by atoms with Gasteiger partial charge in [-0.05, 0) is 70.1 Å². The third-order valence-corrected chi connectivity index (χ3v) is 5.00. The van der Waals surface area contributed by atoms with Crippen LogP contribution in [-0.4, -0.2) is 24.5 Å². The van der Waals surface area contributed by atoms with Gasteiger partial charge in [0.05, 0.1) is 0 Å². The van der Waals surface area contributed by atoms with Gasteiger partial charge >= 0.3 is 6.09 Å². The molecule has 1 amide bonds. The minimum Gasteiger partial charge on any atom is -0.443 e. The molecule has 2 aromatic rings. The van der Waals surface area contributed by atoms with Gasteiger partial charge in [0.1, 0.15) is 5.60 Å². The van der Waals surface area contributed by atoms with Gasteiger partial charge in [-0.15, -0.1) is 11.8 Å². The molecule has 0 aromatic heterocycles. The average molecular weight is 372 g/mol. The molecule has 0 spiro atoms. The Labute approximate surface area is 161 Å². The van der Waals surface area contributed by atoms with Crippen LogP contribution in [0.25, 0.3) is 0 Å². The molecule has 2 rings (SSSR count). The van der Waals surface area contributed by atoms with Crippen molar-refractivity contribution in [1.82, 2.24) is 0 Å². The first kappa shape index (κ1) is 20.4. The normalized spacial score (nSPS) is 11.3. The number of nitrogens with zero attached hydrogens (tertiary/aromatic N) is 1. The quantitative estimate of drug-likeness (QED) is 0.454. The van der Waals surface area contributed by atoms with E-state index in [0.29, 0.717) is 0 Å². The minimum atomic E-state index is -0.495. The zero-order valence-corrected chi connectivity index (χ0v) is 17.2. The van der Waals surface area contributed by atoms with E-state index in [0.717, 1.165) is 24.3 Å². The fourth-order valence-electron chi connectivity index (χ4n) is 2.57. The molecule has 0 N–H and O–H groups in total.